The molecule has 2 heterocycles. The summed E-state index contributed by atoms with van der Waals surface area (Å²) >= 11 is 0. The average Bonchev–Trinajstić information content (AvgIpc) is 3.16. The first-order valence-electron chi connectivity index (χ1n) is 8.64. The van der Waals surface area contributed by atoms with Crippen molar-refractivity contribution in [3.63, 3.8) is 0 Å². The van der Waals surface area contributed by atoms with Crippen LogP contribution >= 0.6 is 0 Å². The maximum absolute atomic E-state index is 5.79. The fourth-order valence-corrected chi connectivity index (χ4v) is 2.65. The maximum Gasteiger partial charge on any atom is 0.246 e. The van der Waals surface area contributed by atoms with Gasteiger partial charge in [0.05, 0.1) is 0 Å². The van der Waals surface area contributed by atoms with E-state index in [4.69, 9.17) is 4.74 Å². The number of pyridine rings is 1. The van der Waals surface area contributed by atoms with E-state index >= 15 is 0 Å². The molecule has 0 spiro atoms. The Bertz CT molecular complexity index is 1010. The van der Waals surface area contributed by atoms with Crippen molar-refractivity contribution < 1.29 is 4.74 Å². The van der Waals surface area contributed by atoms with Crippen molar-refractivity contribution in [2.24, 2.45) is 0 Å². The molecular weight excluding hydrogens is 338 g/mol. The zero-order valence-electron chi connectivity index (χ0n) is 14.9. The van der Waals surface area contributed by atoms with Crippen LogP contribution in [0.15, 0.2) is 73.1 Å². The Labute approximate surface area is 157 Å². The van der Waals surface area contributed by atoms with Gasteiger partial charge in [-0.2, -0.15) is 4.98 Å². The Balaban J connectivity index is 1.41. The molecule has 0 saturated heterocycles. The number of ether oxygens (including phenoxy) is 1. The van der Waals surface area contributed by atoms with Gasteiger partial charge in [-0.15, -0.1) is 5.10 Å². The third-order valence-corrected chi connectivity index (χ3v) is 4.04. The number of aromatic amines is 1. The summed E-state index contributed by atoms with van der Waals surface area (Å²) < 4.78 is 5.79. The number of nitrogens with zero attached hydrogens (tertiary/aromatic N) is 3. The number of hydrogen-bond acceptors (Lipinski definition) is 5. The molecule has 0 saturated carbocycles. The molecule has 0 amide bonds. The third-order valence-electron chi connectivity index (χ3n) is 4.04. The van der Waals surface area contributed by atoms with Gasteiger partial charge in [0.1, 0.15) is 12.4 Å². The lowest BCUT2D eigenvalue weighted by Crippen LogP contribution is -1.95. The zero-order valence-corrected chi connectivity index (χ0v) is 14.9. The second-order valence-electron chi connectivity index (χ2n) is 6.17. The van der Waals surface area contributed by atoms with Crippen LogP contribution in [0.2, 0.25) is 0 Å². The van der Waals surface area contributed by atoms with E-state index in [1.807, 2.05) is 67.6 Å². The van der Waals surface area contributed by atoms with Gasteiger partial charge >= 0.3 is 0 Å². The highest BCUT2D eigenvalue weighted by molar-refractivity contribution is 5.60. The van der Waals surface area contributed by atoms with Crippen molar-refractivity contribution in [3.8, 4) is 17.1 Å². The average molecular weight is 357 g/mol. The summed E-state index contributed by atoms with van der Waals surface area (Å²) in [6.45, 7) is 2.56. The van der Waals surface area contributed by atoms with Crippen molar-refractivity contribution in [2.75, 3.05) is 5.32 Å². The Hall–Kier alpha value is -3.67. The van der Waals surface area contributed by atoms with E-state index in [1.54, 1.807) is 12.4 Å². The lowest BCUT2D eigenvalue weighted by atomic mass is 10.2. The van der Waals surface area contributed by atoms with E-state index in [0.717, 1.165) is 22.6 Å². The van der Waals surface area contributed by atoms with E-state index in [0.29, 0.717) is 18.4 Å². The number of benzene rings is 2. The second-order valence-corrected chi connectivity index (χ2v) is 6.17. The Morgan fingerprint density at radius 3 is 2.59 bits per heavy atom. The highest BCUT2D eigenvalue weighted by Crippen LogP contribution is 2.22. The van der Waals surface area contributed by atoms with Crippen LogP contribution in [0.25, 0.3) is 11.4 Å². The third kappa shape index (κ3) is 4.30. The predicted molar refractivity (Wildman–Crippen MR) is 105 cm³/mol. The monoisotopic (exact) mass is 357 g/mol. The highest BCUT2D eigenvalue weighted by Gasteiger charge is 2.06. The molecule has 0 radical (unpaired) electrons. The molecule has 2 N–H and O–H groups in total. The minimum atomic E-state index is 0.509. The summed E-state index contributed by atoms with van der Waals surface area (Å²) in [7, 11) is 0. The SMILES string of the molecule is Cc1cccc(Nc2n[nH]c(-c3ccc(OCc4ccncc4)cc3)n2)c1. The molecule has 27 heavy (non-hydrogen) atoms. The first-order valence-corrected chi connectivity index (χ1v) is 8.64. The van der Waals surface area contributed by atoms with Crippen LogP contribution in [0.3, 0.4) is 0 Å². The molecule has 0 bridgehead atoms. The van der Waals surface area contributed by atoms with Gasteiger partial charge in [0.15, 0.2) is 5.82 Å². The quantitative estimate of drug-likeness (QED) is 0.531. The van der Waals surface area contributed by atoms with E-state index < -0.39 is 0 Å². The van der Waals surface area contributed by atoms with Gasteiger partial charge in [-0.25, -0.2) is 0 Å². The summed E-state index contributed by atoms with van der Waals surface area (Å²) in [6.07, 6.45) is 3.52. The van der Waals surface area contributed by atoms with Crippen LogP contribution in [0, 0.1) is 6.92 Å². The summed E-state index contributed by atoms with van der Waals surface area (Å²) in [5.74, 6) is 2.03. The van der Waals surface area contributed by atoms with Gasteiger partial charge in [-0.05, 0) is 66.6 Å². The Morgan fingerprint density at radius 1 is 1.00 bits per heavy atom. The van der Waals surface area contributed by atoms with Crippen molar-refractivity contribution in [1.29, 1.82) is 0 Å². The standard InChI is InChI=1S/C21H19N5O/c1-15-3-2-4-18(13-15)23-21-24-20(25-26-21)17-5-7-19(8-6-17)27-14-16-9-11-22-12-10-16/h2-13H,14H2,1H3,(H2,23,24,25,26). The van der Waals surface area contributed by atoms with Crippen LogP contribution in [0.5, 0.6) is 5.75 Å². The lowest BCUT2D eigenvalue weighted by Gasteiger charge is -2.06. The molecule has 0 atom stereocenters. The summed E-state index contributed by atoms with van der Waals surface area (Å²) in [5, 5.41) is 10.4. The van der Waals surface area contributed by atoms with Crippen LogP contribution in [0.4, 0.5) is 11.6 Å². The smallest absolute Gasteiger partial charge is 0.246 e. The number of H-pyrrole nitrogens is 1. The first kappa shape index (κ1) is 16.8. The minimum absolute atomic E-state index is 0.509. The van der Waals surface area contributed by atoms with Crippen molar-refractivity contribution in [1.82, 2.24) is 20.2 Å². The van der Waals surface area contributed by atoms with Crippen LogP contribution < -0.4 is 10.1 Å². The zero-order chi connectivity index (χ0) is 18.5. The number of nitrogens with one attached hydrogen (secondary N) is 2. The molecule has 0 aliphatic heterocycles. The molecule has 6 nitrogen and oxygen atoms in total. The minimum Gasteiger partial charge on any atom is -0.489 e. The topological polar surface area (TPSA) is 75.7 Å². The molecule has 0 aliphatic carbocycles. The lowest BCUT2D eigenvalue weighted by molar-refractivity contribution is 0.306. The normalized spacial score (nSPS) is 10.6. The maximum atomic E-state index is 5.79. The van der Waals surface area contributed by atoms with Gasteiger partial charge < -0.3 is 10.1 Å². The number of aryl methyl sites for hydroxylation is 1. The molecular formula is C21H19N5O. The molecule has 0 fully saturated rings. The molecule has 6 heteroatoms. The van der Waals surface area contributed by atoms with Gasteiger partial charge in [0.2, 0.25) is 5.95 Å². The van der Waals surface area contributed by atoms with E-state index in [9.17, 15) is 0 Å². The summed E-state index contributed by atoms with van der Waals surface area (Å²) in [5.41, 5.74) is 4.16. The van der Waals surface area contributed by atoms with E-state index in [2.05, 4.69) is 25.5 Å². The first-order chi connectivity index (χ1) is 13.3. The Morgan fingerprint density at radius 2 is 1.81 bits per heavy atom. The molecule has 134 valence electrons. The second kappa shape index (κ2) is 7.70. The molecule has 2 aromatic heterocycles. The molecule has 2 aromatic carbocycles. The van der Waals surface area contributed by atoms with E-state index in [-0.39, 0.29) is 0 Å². The van der Waals surface area contributed by atoms with Crippen molar-refractivity contribution in [3.05, 3.63) is 84.2 Å². The fourth-order valence-electron chi connectivity index (χ4n) is 2.65. The summed E-state index contributed by atoms with van der Waals surface area (Å²) in [6, 6.07) is 19.7. The van der Waals surface area contributed by atoms with Crippen molar-refractivity contribution in [2.45, 2.75) is 13.5 Å². The van der Waals surface area contributed by atoms with Crippen LogP contribution in [-0.2, 0) is 6.61 Å². The van der Waals surface area contributed by atoms with E-state index in [1.165, 1.54) is 5.56 Å². The van der Waals surface area contributed by atoms with Crippen LogP contribution in [0.1, 0.15) is 11.1 Å². The van der Waals surface area contributed by atoms with Gasteiger partial charge in [-0.3, -0.25) is 10.1 Å². The Kier molecular flexibility index (Phi) is 4.78. The predicted octanol–water partition coefficient (Wildman–Crippen LogP) is 4.50. The number of rotatable bonds is 6. The number of hydrogen-bond donors (Lipinski definition) is 2. The van der Waals surface area contributed by atoms with Crippen LogP contribution in [-0.4, -0.2) is 20.2 Å². The number of anilines is 2. The molecule has 4 aromatic rings. The van der Waals surface area contributed by atoms with Gasteiger partial charge in [0, 0.05) is 23.6 Å². The number of aromatic nitrogens is 4. The molecule has 0 aliphatic rings. The summed E-state index contributed by atoms with van der Waals surface area (Å²) in [4.78, 5) is 8.50. The molecule has 0 unspecified atom stereocenters. The van der Waals surface area contributed by atoms with Gasteiger partial charge in [-0.1, -0.05) is 12.1 Å². The largest absolute Gasteiger partial charge is 0.489 e. The van der Waals surface area contributed by atoms with Gasteiger partial charge in [0.25, 0.3) is 0 Å². The van der Waals surface area contributed by atoms with Crippen molar-refractivity contribution >= 4 is 11.6 Å². The fraction of sp³-hybridized carbons (Fsp3) is 0.0952. The molecule has 4 rings (SSSR count). The highest BCUT2D eigenvalue weighted by atomic mass is 16.5.